The molecule has 1 aliphatic rings. The van der Waals surface area contributed by atoms with Crippen LogP contribution in [0.15, 0.2) is 30.6 Å². The van der Waals surface area contributed by atoms with Gasteiger partial charge in [-0.2, -0.15) is 0 Å². The first kappa shape index (κ1) is 19.6. The molecule has 2 heterocycles. The van der Waals surface area contributed by atoms with Crippen molar-refractivity contribution in [2.24, 2.45) is 5.92 Å². The number of fused-ring (bicyclic) bond motifs is 1. The van der Waals surface area contributed by atoms with Gasteiger partial charge in [-0.1, -0.05) is 19.9 Å². The first-order chi connectivity index (χ1) is 13.4. The number of nitrogens with one attached hydrogen (secondary N) is 1. The third kappa shape index (κ3) is 4.76. The Balaban J connectivity index is 1.61. The number of hydrogen-bond donors (Lipinski definition) is 1. The van der Waals surface area contributed by atoms with Crippen LogP contribution in [0.3, 0.4) is 0 Å². The molecular weight excluding hydrogens is 362 g/mol. The van der Waals surface area contributed by atoms with Crippen LogP contribution in [0.5, 0.6) is 11.5 Å². The largest absolute Gasteiger partial charge is 0.486 e. The zero-order chi connectivity index (χ0) is 20.1. The summed E-state index contributed by atoms with van der Waals surface area (Å²) in [6.45, 7) is 6.37. The van der Waals surface area contributed by atoms with Gasteiger partial charge in [-0.3, -0.25) is 9.78 Å². The lowest BCUT2D eigenvalue weighted by molar-refractivity contribution is -0.125. The summed E-state index contributed by atoms with van der Waals surface area (Å²) in [7, 11) is 0. The van der Waals surface area contributed by atoms with Gasteiger partial charge in [-0.15, -0.1) is 0 Å². The summed E-state index contributed by atoms with van der Waals surface area (Å²) in [5, 5.41) is 2.91. The van der Waals surface area contributed by atoms with E-state index in [1.54, 1.807) is 6.92 Å². The van der Waals surface area contributed by atoms with Crippen LogP contribution in [0.2, 0.25) is 0 Å². The average molecular weight is 385 g/mol. The molecule has 0 saturated carbocycles. The third-order valence-corrected chi connectivity index (χ3v) is 4.23. The molecule has 2 aromatic rings. The van der Waals surface area contributed by atoms with Crippen molar-refractivity contribution in [3.8, 4) is 11.5 Å². The molecule has 0 unspecified atom stereocenters. The normalized spacial score (nSPS) is 13.7. The van der Waals surface area contributed by atoms with Gasteiger partial charge in [-0.25, -0.2) is 9.78 Å². The van der Waals surface area contributed by atoms with Gasteiger partial charge in [0, 0.05) is 6.20 Å². The number of esters is 1. The quantitative estimate of drug-likeness (QED) is 0.761. The van der Waals surface area contributed by atoms with Gasteiger partial charge in [0.1, 0.15) is 13.2 Å². The molecule has 1 aliphatic heterocycles. The van der Waals surface area contributed by atoms with Crippen molar-refractivity contribution in [2.75, 3.05) is 19.8 Å². The maximum atomic E-state index is 12.3. The lowest BCUT2D eigenvalue weighted by Gasteiger charge is -2.25. The van der Waals surface area contributed by atoms with Gasteiger partial charge >= 0.3 is 5.97 Å². The fourth-order valence-corrected chi connectivity index (χ4v) is 2.81. The lowest BCUT2D eigenvalue weighted by atomic mass is 9.95. The molecule has 8 heteroatoms. The molecule has 1 aromatic carbocycles. The fraction of sp³-hybridized carbons (Fsp3) is 0.400. The number of amides is 1. The molecule has 0 spiro atoms. The molecular formula is C20H23N3O5. The number of carbonyl (C=O) groups is 2. The Kier molecular flexibility index (Phi) is 6.08. The summed E-state index contributed by atoms with van der Waals surface area (Å²) < 4.78 is 16.2. The third-order valence-electron chi connectivity index (χ3n) is 4.23. The van der Waals surface area contributed by atoms with Crippen molar-refractivity contribution >= 4 is 11.9 Å². The lowest BCUT2D eigenvalue weighted by Crippen LogP contribution is -2.35. The first-order valence-corrected chi connectivity index (χ1v) is 9.08. The first-order valence-electron chi connectivity index (χ1n) is 9.08. The zero-order valence-electron chi connectivity index (χ0n) is 16.1. The minimum atomic E-state index is -0.692. The van der Waals surface area contributed by atoms with Crippen LogP contribution in [0.4, 0.5) is 0 Å². The Morgan fingerprint density at radius 2 is 1.89 bits per heavy atom. The molecule has 0 saturated heterocycles. The van der Waals surface area contributed by atoms with Crippen LogP contribution in [0.25, 0.3) is 0 Å². The Hall–Kier alpha value is -3.16. The second-order valence-electron chi connectivity index (χ2n) is 6.81. The molecule has 1 amide bonds. The van der Waals surface area contributed by atoms with E-state index < -0.39 is 18.5 Å². The number of aryl methyl sites for hydroxylation is 1. The van der Waals surface area contributed by atoms with Crippen molar-refractivity contribution in [2.45, 2.75) is 26.8 Å². The van der Waals surface area contributed by atoms with Crippen molar-refractivity contribution < 1.29 is 23.8 Å². The highest BCUT2D eigenvalue weighted by Gasteiger charge is 2.22. The summed E-state index contributed by atoms with van der Waals surface area (Å²) in [6, 6.07) is 5.34. The highest BCUT2D eigenvalue weighted by molar-refractivity contribution is 5.89. The van der Waals surface area contributed by atoms with E-state index in [9.17, 15) is 9.59 Å². The Morgan fingerprint density at radius 1 is 1.14 bits per heavy atom. The monoisotopic (exact) mass is 385 g/mol. The molecule has 1 aromatic heterocycles. The number of carbonyl (C=O) groups excluding carboxylic acids is 2. The number of nitrogens with zero attached hydrogens (tertiary/aromatic N) is 2. The summed E-state index contributed by atoms with van der Waals surface area (Å²) in [6.07, 6.45) is 2.79. The van der Waals surface area contributed by atoms with Crippen molar-refractivity contribution in [1.29, 1.82) is 0 Å². The fourth-order valence-electron chi connectivity index (χ4n) is 2.81. The summed E-state index contributed by atoms with van der Waals surface area (Å²) in [4.78, 5) is 32.2. The van der Waals surface area contributed by atoms with E-state index in [-0.39, 0.29) is 17.7 Å². The van der Waals surface area contributed by atoms with Crippen LogP contribution >= 0.6 is 0 Å². The zero-order valence-corrected chi connectivity index (χ0v) is 16.1. The summed E-state index contributed by atoms with van der Waals surface area (Å²) in [5.41, 5.74) is 1.64. The van der Waals surface area contributed by atoms with Gasteiger partial charge in [-0.05, 0) is 30.5 Å². The van der Waals surface area contributed by atoms with Crippen molar-refractivity contribution in [3.05, 3.63) is 47.5 Å². The number of benzene rings is 1. The molecule has 28 heavy (non-hydrogen) atoms. The van der Waals surface area contributed by atoms with Crippen LogP contribution in [-0.4, -0.2) is 41.7 Å². The SMILES string of the molecule is Cc1cnc(C(=O)OCC(=O)N[C@H](c2ccc3c(c2)OCCO3)C(C)C)cn1. The molecule has 0 radical (unpaired) electrons. The summed E-state index contributed by atoms with van der Waals surface area (Å²) in [5.74, 6) is 0.375. The molecule has 1 N–H and O–H groups in total. The van der Waals surface area contributed by atoms with E-state index in [0.717, 1.165) is 5.56 Å². The summed E-state index contributed by atoms with van der Waals surface area (Å²) >= 11 is 0. The highest BCUT2D eigenvalue weighted by atomic mass is 16.6. The number of hydrogen-bond acceptors (Lipinski definition) is 7. The Labute approximate surface area is 163 Å². The van der Waals surface area contributed by atoms with Gasteiger partial charge in [0.25, 0.3) is 5.91 Å². The van der Waals surface area contributed by atoms with E-state index in [0.29, 0.717) is 30.4 Å². The predicted octanol–water partition coefficient (Wildman–Crippen LogP) is 2.23. The van der Waals surface area contributed by atoms with E-state index in [1.165, 1.54) is 12.4 Å². The van der Waals surface area contributed by atoms with Gasteiger partial charge in [0.15, 0.2) is 23.8 Å². The minimum absolute atomic E-state index is 0.0608. The molecule has 1 atom stereocenters. The molecule has 0 fully saturated rings. The predicted molar refractivity (Wildman–Crippen MR) is 100 cm³/mol. The molecule has 148 valence electrons. The minimum Gasteiger partial charge on any atom is -0.486 e. The van der Waals surface area contributed by atoms with Crippen LogP contribution in [-0.2, 0) is 9.53 Å². The van der Waals surface area contributed by atoms with Gasteiger partial charge < -0.3 is 19.5 Å². The molecule has 3 rings (SSSR count). The molecule has 0 aliphatic carbocycles. The van der Waals surface area contributed by atoms with Crippen molar-refractivity contribution in [1.82, 2.24) is 15.3 Å². The highest BCUT2D eigenvalue weighted by Crippen LogP contribution is 2.34. The molecule has 0 bridgehead atoms. The number of ether oxygens (including phenoxy) is 3. The van der Waals surface area contributed by atoms with E-state index in [1.807, 2.05) is 32.0 Å². The van der Waals surface area contributed by atoms with E-state index >= 15 is 0 Å². The smallest absolute Gasteiger partial charge is 0.359 e. The number of aromatic nitrogens is 2. The van der Waals surface area contributed by atoms with Crippen LogP contribution in [0, 0.1) is 12.8 Å². The average Bonchev–Trinajstić information content (AvgIpc) is 2.70. The topological polar surface area (TPSA) is 99.6 Å². The second kappa shape index (κ2) is 8.69. The molecule has 8 nitrogen and oxygen atoms in total. The standard InChI is InChI=1S/C20H23N3O5/c1-12(2)19(14-4-5-16-17(8-14)27-7-6-26-16)23-18(24)11-28-20(25)15-10-21-13(3)9-22-15/h4-5,8-10,12,19H,6-7,11H2,1-3H3,(H,23,24)/t19-/m0/s1. The maximum Gasteiger partial charge on any atom is 0.359 e. The second-order valence-corrected chi connectivity index (χ2v) is 6.81. The van der Waals surface area contributed by atoms with Crippen molar-refractivity contribution in [3.63, 3.8) is 0 Å². The van der Waals surface area contributed by atoms with Crippen LogP contribution in [0.1, 0.15) is 41.6 Å². The van der Waals surface area contributed by atoms with E-state index in [2.05, 4.69) is 15.3 Å². The van der Waals surface area contributed by atoms with Gasteiger partial charge in [0.2, 0.25) is 0 Å². The number of rotatable bonds is 6. The Morgan fingerprint density at radius 3 is 2.57 bits per heavy atom. The van der Waals surface area contributed by atoms with Crippen LogP contribution < -0.4 is 14.8 Å². The van der Waals surface area contributed by atoms with E-state index in [4.69, 9.17) is 14.2 Å². The maximum absolute atomic E-state index is 12.3. The van der Waals surface area contributed by atoms with Gasteiger partial charge in [0.05, 0.1) is 17.9 Å². The Bertz CT molecular complexity index is 851.